The molecule has 1 heterocycles. The molecule has 0 aromatic heterocycles. The average Bonchev–Trinajstić information content (AvgIpc) is 2.78. The molecule has 2 unspecified atom stereocenters. The minimum atomic E-state index is 0. The number of fused-ring (bicyclic) bond motifs is 2. The fourth-order valence-corrected chi connectivity index (χ4v) is 3.68. The van der Waals surface area contributed by atoms with Crippen molar-refractivity contribution in [3.63, 3.8) is 0 Å². The van der Waals surface area contributed by atoms with Gasteiger partial charge >= 0.3 is 0 Å². The van der Waals surface area contributed by atoms with Gasteiger partial charge in [0.05, 0.1) is 0 Å². The largest absolute Gasteiger partial charge is 0.508 e. The molecule has 1 aromatic rings. The standard InChI is InChI=1S/C17H23NO2.ClH/c19-16-5-3-15(4-6-16)17(20)8-10-18-9-7-13-1-2-14(11-13)12-18;/h3-6,13-14,19H,1-2,7-12H2;1H. The molecule has 1 N–H and O–H groups in total. The highest BCUT2D eigenvalue weighted by atomic mass is 35.5. The monoisotopic (exact) mass is 309 g/mol. The van der Waals surface area contributed by atoms with E-state index in [1.807, 2.05) is 0 Å². The highest BCUT2D eigenvalue weighted by Crippen LogP contribution is 2.36. The molecule has 2 atom stereocenters. The van der Waals surface area contributed by atoms with Crippen LogP contribution in [0.15, 0.2) is 24.3 Å². The number of phenolic OH excluding ortho intramolecular Hbond substituents is 1. The van der Waals surface area contributed by atoms with Crippen LogP contribution < -0.4 is 0 Å². The van der Waals surface area contributed by atoms with Crippen molar-refractivity contribution in [3.05, 3.63) is 29.8 Å². The summed E-state index contributed by atoms with van der Waals surface area (Å²) in [5, 5.41) is 9.24. The molecule has 1 saturated carbocycles. The van der Waals surface area contributed by atoms with Gasteiger partial charge < -0.3 is 10.0 Å². The summed E-state index contributed by atoms with van der Waals surface area (Å²) in [6.45, 7) is 3.21. The van der Waals surface area contributed by atoms with Crippen LogP contribution >= 0.6 is 12.4 Å². The van der Waals surface area contributed by atoms with Crippen molar-refractivity contribution in [2.75, 3.05) is 19.6 Å². The number of ketones is 1. The van der Waals surface area contributed by atoms with Gasteiger partial charge in [-0.2, -0.15) is 0 Å². The van der Waals surface area contributed by atoms with Gasteiger partial charge in [-0.15, -0.1) is 12.4 Å². The number of rotatable bonds is 4. The van der Waals surface area contributed by atoms with Crippen LogP contribution in [0.4, 0.5) is 0 Å². The second kappa shape index (κ2) is 7.28. The Bertz CT molecular complexity index is 474. The van der Waals surface area contributed by atoms with Gasteiger partial charge in [0.2, 0.25) is 0 Å². The Morgan fingerprint density at radius 2 is 1.86 bits per heavy atom. The molecule has 0 spiro atoms. The summed E-state index contributed by atoms with van der Waals surface area (Å²) in [4.78, 5) is 14.6. The molecule has 1 aliphatic carbocycles. The van der Waals surface area contributed by atoms with Crippen molar-refractivity contribution >= 4 is 18.2 Å². The first-order valence-corrected chi connectivity index (χ1v) is 7.75. The lowest BCUT2D eigenvalue weighted by molar-refractivity contribution is 0.0960. The second-order valence-electron chi connectivity index (χ2n) is 6.35. The number of hydrogen-bond acceptors (Lipinski definition) is 3. The third-order valence-electron chi connectivity index (χ3n) is 4.86. The number of phenols is 1. The van der Waals surface area contributed by atoms with E-state index in [0.717, 1.165) is 24.9 Å². The normalized spacial score (nSPS) is 25.1. The molecule has 3 nitrogen and oxygen atoms in total. The summed E-state index contributed by atoms with van der Waals surface area (Å²) >= 11 is 0. The quantitative estimate of drug-likeness (QED) is 0.865. The van der Waals surface area contributed by atoms with Crippen LogP contribution in [0.25, 0.3) is 0 Å². The fourth-order valence-electron chi connectivity index (χ4n) is 3.68. The predicted octanol–water partition coefficient (Wildman–Crippen LogP) is 3.51. The van der Waals surface area contributed by atoms with Gasteiger partial charge in [0.15, 0.2) is 5.78 Å². The molecule has 116 valence electrons. The van der Waals surface area contributed by atoms with Gasteiger partial charge in [0.1, 0.15) is 5.75 Å². The molecule has 2 aliphatic rings. The zero-order chi connectivity index (χ0) is 13.9. The lowest BCUT2D eigenvalue weighted by atomic mass is 10.0. The van der Waals surface area contributed by atoms with Gasteiger partial charge in [-0.3, -0.25) is 4.79 Å². The Morgan fingerprint density at radius 3 is 2.62 bits per heavy atom. The van der Waals surface area contributed by atoms with Crippen molar-refractivity contribution in [2.24, 2.45) is 11.8 Å². The molecule has 0 radical (unpaired) electrons. The maximum atomic E-state index is 12.1. The fraction of sp³-hybridized carbons (Fsp3) is 0.588. The number of likely N-dealkylation sites (tertiary alicyclic amines) is 1. The summed E-state index contributed by atoms with van der Waals surface area (Å²) in [6.07, 6.45) is 6.10. The summed E-state index contributed by atoms with van der Waals surface area (Å²) in [7, 11) is 0. The smallest absolute Gasteiger partial charge is 0.164 e. The Balaban J connectivity index is 0.00000161. The number of nitrogens with zero attached hydrogens (tertiary/aromatic N) is 1. The van der Waals surface area contributed by atoms with Crippen LogP contribution in [0.2, 0.25) is 0 Å². The van der Waals surface area contributed by atoms with Crippen LogP contribution in [0.3, 0.4) is 0 Å². The number of hydrogen-bond donors (Lipinski definition) is 1. The maximum Gasteiger partial charge on any atom is 0.164 e. The molecule has 2 fully saturated rings. The van der Waals surface area contributed by atoms with Gasteiger partial charge in [-0.05, 0) is 61.9 Å². The summed E-state index contributed by atoms with van der Waals surface area (Å²) in [6, 6.07) is 6.58. The number of carbonyl (C=O) groups excluding carboxylic acids is 1. The first-order chi connectivity index (χ1) is 9.70. The first kappa shape index (κ1) is 16.3. The molecule has 1 aromatic carbocycles. The molecular formula is C17H24ClNO2. The number of aromatic hydroxyl groups is 1. The Hall–Kier alpha value is -1.06. The maximum absolute atomic E-state index is 12.1. The molecule has 1 saturated heterocycles. The van der Waals surface area contributed by atoms with E-state index in [-0.39, 0.29) is 23.9 Å². The number of Topliss-reactive ketones (excluding diaryl/α,β-unsaturated/α-hetero) is 1. The van der Waals surface area contributed by atoms with E-state index in [2.05, 4.69) is 4.90 Å². The van der Waals surface area contributed by atoms with Crippen molar-refractivity contribution < 1.29 is 9.90 Å². The minimum Gasteiger partial charge on any atom is -0.508 e. The second-order valence-corrected chi connectivity index (χ2v) is 6.35. The Labute approximate surface area is 132 Å². The Kier molecular flexibility index (Phi) is 5.65. The number of benzene rings is 1. The van der Waals surface area contributed by atoms with Gasteiger partial charge in [0.25, 0.3) is 0 Å². The lowest BCUT2D eigenvalue weighted by Gasteiger charge is -2.24. The van der Waals surface area contributed by atoms with Crippen LogP contribution in [-0.2, 0) is 0 Å². The van der Waals surface area contributed by atoms with E-state index < -0.39 is 0 Å². The topological polar surface area (TPSA) is 40.5 Å². The molecular weight excluding hydrogens is 286 g/mol. The molecule has 21 heavy (non-hydrogen) atoms. The van der Waals surface area contributed by atoms with Crippen LogP contribution in [0.1, 0.15) is 42.5 Å². The first-order valence-electron chi connectivity index (χ1n) is 7.75. The predicted molar refractivity (Wildman–Crippen MR) is 86.2 cm³/mol. The summed E-state index contributed by atoms with van der Waals surface area (Å²) in [5.41, 5.74) is 0.708. The highest BCUT2D eigenvalue weighted by molar-refractivity contribution is 5.96. The number of carbonyl (C=O) groups is 1. The highest BCUT2D eigenvalue weighted by Gasteiger charge is 2.29. The van der Waals surface area contributed by atoms with Gasteiger partial charge in [0, 0.05) is 25.1 Å². The SMILES string of the molecule is Cl.O=C(CCN1CCC2CCC(C2)C1)c1ccc(O)cc1. The van der Waals surface area contributed by atoms with Crippen molar-refractivity contribution in [3.8, 4) is 5.75 Å². The number of halogens is 1. The average molecular weight is 310 g/mol. The molecule has 4 heteroatoms. The van der Waals surface area contributed by atoms with Crippen LogP contribution in [0, 0.1) is 11.8 Å². The molecule has 3 rings (SSSR count). The third kappa shape index (κ3) is 4.21. The van der Waals surface area contributed by atoms with Crippen molar-refractivity contribution in [1.82, 2.24) is 4.90 Å². The molecule has 0 amide bonds. The van der Waals surface area contributed by atoms with Crippen LogP contribution in [0.5, 0.6) is 5.75 Å². The van der Waals surface area contributed by atoms with E-state index in [1.54, 1.807) is 24.3 Å². The zero-order valence-corrected chi connectivity index (χ0v) is 13.1. The summed E-state index contributed by atoms with van der Waals surface area (Å²) < 4.78 is 0. The van der Waals surface area contributed by atoms with Crippen molar-refractivity contribution in [1.29, 1.82) is 0 Å². The zero-order valence-electron chi connectivity index (χ0n) is 12.3. The Morgan fingerprint density at radius 1 is 1.14 bits per heavy atom. The van der Waals surface area contributed by atoms with E-state index >= 15 is 0 Å². The lowest BCUT2D eigenvalue weighted by Crippen LogP contribution is -2.31. The summed E-state index contributed by atoms with van der Waals surface area (Å²) in [5.74, 6) is 2.20. The minimum absolute atomic E-state index is 0. The third-order valence-corrected chi connectivity index (χ3v) is 4.86. The molecule has 2 bridgehead atoms. The van der Waals surface area contributed by atoms with E-state index in [9.17, 15) is 9.90 Å². The van der Waals surface area contributed by atoms with E-state index in [0.29, 0.717) is 12.0 Å². The van der Waals surface area contributed by atoms with Crippen molar-refractivity contribution in [2.45, 2.75) is 32.1 Å². The van der Waals surface area contributed by atoms with Gasteiger partial charge in [-0.1, -0.05) is 6.42 Å². The molecule has 1 aliphatic heterocycles. The van der Waals surface area contributed by atoms with E-state index in [1.165, 1.54) is 32.2 Å². The van der Waals surface area contributed by atoms with Crippen LogP contribution in [-0.4, -0.2) is 35.4 Å². The van der Waals surface area contributed by atoms with E-state index in [4.69, 9.17) is 0 Å². The van der Waals surface area contributed by atoms with Gasteiger partial charge in [-0.25, -0.2) is 0 Å².